The third-order valence-corrected chi connectivity index (χ3v) is 4.56. The lowest BCUT2D eigenvalue weighted by molar-refractivity contribution is 0.0992. The summed E-state index contributed by atoms with van der Waals surface area (Å²) in [7, 11) is 2.16. The van der Waals surface area contributed by atoms with Crippen LogP contribution in [0.25, 0.3) is 0 Å². The Bertz CT molecular complexity index is 390. The van der Waals surface area contributed by atoms with Crippen LogP contribution in [0.3, 0.4) is 0 Å². The van der Waals surface area contributed by atoms with Gasteiger partial charge in [-0.2, -0.15) is 0 Å². The number of rotatable bonds is 4. The molecule has 3 unspecified atom stereocenters. The number of nitrogens with two attached hydrogens (primary N) is 1. The molecule has 0 heterocycles. The molecular weight excluding hydrogens is 239 g/mol. The fourth-order valence-electron chi connectivity index (χ4n) is 3.36. The van der Waals surface area contributed by atoms with E-state index in [0.717, 1.165) is 5.56 Å². The summed E-state index contributed by atoms with van der Waals surface area (Å²) in [5.41, 5.74) is 7.08. The van der Waals surface area contributed by atoms with Crippen molar-refractivity contribution in [3.63, 3.8) is 0 Å². The molecule has 1 aliphatic carbocycles. The standard InChI is InChI=1S/C16H25FN2/c1-12-5-3-4-6-15(12)19(2)16(11-18)13-7-9-14(17)10-8-13/h7-10,12,15-16H,3-6,11,18H2,1-2H3. The average molecular weight is 264 g/mol. The van der Waals surface area contributed by atoms with Crippen molar-refractivity contribution in [1.82, 2.24) is 4.90 Å². The minimum absolute atomic E-state index is 0.186. The van der Waals surface area contributed by atoms with Crippen LogP contribution in [0.15, 0.2) is 24.3 Å². The first kappa shape index (κ1) is 14.5. The summed E-state index contributed by atoms with van der Waals surface area (Å²) in [5, 5.41) is 0. The molecule has 1 saturated carbocycles. The van der Waals surface area contributed by atoms with Crippen molar-refractivity contribution in [3.05, 3.63) is 35.6 Å². The van der Waals surface area contributed by atoms with Crippen LogP contribution >= 0.6 is 0 Å². The van der Waals surface area contributed by atoms with Crippen LogP contribution in [0.4, 0.5) is 4.39 Å². The van der Waals surface area contributed by atoms with Crippen molar-refractivity contribution >= 4 is 0 Å². The van der Waals surface area contributed by atoms with Crippen molar-refractivity contribution in [1.29, 1.82) is 0 Å². The predicted molar refractivity (Wildman–Crippen MR) is 77.4 cm³/mol. The fourth-order valence-corrected chi connectivity index (χ4v) is 3.36. The van der Waals surface area contributed by atoms with Gasteiger partial charge in [0, 0.05) is 18.6 Å². The molecule has 0 amide bonds. The highest BCUT2D eigenvalue weighted by Crippen LogP contribution is 2.32. The third-order valence-electron chi connectivity index (χ3n) is 4.56. The summed E-state index contributed by atoms with van der Waals surface area (Å²) >= 11 is 0. The molecule has 0 bridgehead atoms. The van der Waals surface area contributed by atoms with Crippen LogP contribution in [0, 0.1) is 11.7 Å². The largest absolute Gasteiger partial charge is 0.329 e. The summed E-state index contributed by atoms with van der Waals surface area (Å²) in [5.74, 6) is 0.529. The second-order valence-corrected chi connectivity index (χ2v) is 5.80. The summed E-state index contributed by atoms with van der Waals surface area (Å²) < 4.78 is 13.0. The van der Waals surface area contributed by atoms with E-state index in [1.165, 1.54) is 37.8 Å². The van der Waals surface area contributed by atoms with Gasteiger partial charge in [0.2, 0.25) is 0 Å². The summed E-state index contributed by atoms with van der Waals surface area (Å²) in [6.07, 6.45) is 5.19. The Morgan fingerprint density at radius 2 is 1.89 bits per heavy atom. The zero-order valence-corrected chi connectivity index (χ0v) is 12.0. The van der Waals surface area contributed by atoms with Gasteiger partial charge in [0.25, 0.3) is 0 Å². The SMILES string of the molecule is CC1CCCCC1N(C)C(CN)c1ccc(F)cc1. The maximum atomic E-state index is 13.0. The van der Waals surface area contributed by atoms with E-state index < -0.39 is 0 Å². The van der Waals surface area contributed by atoms with Gasteiger partial charge in [-0.25, -0.2) is 4.39 Å². The Hall–Kier alpha value is -0.930. The first-order valence-corrected chi connectivity index (χ1v) is 7.31. The van der Waals surface area contributed by atoms with E-state index >= 15 is 0 Å². The lowest BCUT2D eigenvalue weighted by Crippen LogP contribution is -2.43. The van der Waals surface area contributed by atoms with Crippen molar-refractivity contribution < 1.29 is 4.39 Å². The Morgan fingerprint density at radius 3 is 2.47 bits per heavy atom. The zero-order valence-electron chi connectivity index (χ0n) is 12.0. The molecule has 0 spiro atoms. The molecule has 2 rings (SSSR count). The van der Waals surface area contributed by atoms with Gasteiger partial charge in [-0.15, -0.1) is 0 Å². The van der Waals surface area contributed by atoms with Crippen molar-refractivity contribution in [2.75, 3.05) is 13.6 Å². The van der Waals surface area contributed by atoms with Crippen LogP contribution < -0.4 is 5.73 Å². The van der Waals surface area contributed by atoms with Gasteiger partial charge in [-0.3, -0.25) is 4.90 Å². The van der Waals surface area contributed by atoms with Crippen LogP contribution in [-0.4, -0.2) is 24.5 Å². The van der Waals surface area contributed by atoms with Gasteiger partial charge in [0.1, 0.15) is 5.82 Å². The molecule has 1 fully saturated rings. The number of nitrogens with zero attached hydrogens (tertiary/aromatic N) is 1. The number of likely N-dealkylation sites (N-methyl/N-ethyl adjacent to an activating group) is 1. The van der Waals surface area contributed by atoms with Gasteiger partial charge in [-0.05, 0) is 43.5 Å². The zero-order chi connectivity index (χ0) is 13.8. The highest BCUT2D eigenvalue weighted by molar-refractivity contribution is 5.20. The van der Waals surface area contributed by atoms with E-state index in [4.69, 9.17) is 5.73 Å². The highest BCUT2D eigenvalue weighted by Gasteiger charge is 2.29. The smallest absolute Gasteiger partial charge is 0.123 e. The second-order valence-electron chi connectivity index (χ2n) is 5.80. The molecular formula is C16H25FN2. The summed E-state index contributed by atoms with van der Waals surface area (Å²) in [6, 6.07) is 7.54. The summed E-state index contributed by atoms with van der Waals surface area (Å²) in [4.78, 5) is 2.40. The lowest BCUT2D eigenvalue weighted by Gasteiger charge is -2.40. The molecule has 0 aliphatic heterocycles. The molecule has 2 nitrogen and oxygen atoms in total. The Kier molecular flexibility index (Phi) is 4.94. The quantitative estimate of drug-likeness (QED) is 0.903. The van der Waals surface area contributed by atoms with Gasteiger partial charge in [0.05, 0.1) is 0 Å². The van der Waals surface area contributed by atoms with Crippen LogP contribution in [0.5, 0.6) is 0 Å². The van der Waals surface area contributed by atoms with Gasteiger partial charge < -0.3 is 5.73 Å². The van der Waals surface area contributed by atoms with Crippen molar-refractivity contribution in [3.8, 4) is 0 Å². The van der Waals surface area contributed by atoms with Crippen LogP contribution in [-0.2, 0) is 0 Å². The first-order chi connectivity index (χ1) is 9.13. The van der Waals surface area contributed by atoms with Crippen molar-refractivity contribution in [2.45, 2.75) is 44.7 Å². The van der Waals surface area contributed by atoms with Crippen LogP contribution in [0.2, 0.25) is 0 Å². The van der Waals surface area contributed by atoms with Gasteiger partial charge >= 0.3 is 0 Å². The van der Waals surface area contributed by atoms with E-state index in [1.54, 1.807) is 0 Å². The number of benzene rings is 1. The second kappa shape index (κ2) is 6.49. The number of halogens is 1. The highest BCUT2D eigenvalue weighted by atomic mass is 19.1. The molecule has 0 radical (unpaired) electrons. The molecule has 0 aromatic heterocycles. The van der Waals surface area contributed by atoms with E-state index in [0.29, 0.717) is 18.5 Å². The Labute approximate surface area is 115 Å². The van der Waals surface area contributed by atoms with E-state index in [9.17, 15) is 4.39 Å². The monoisotopic (exact) mass is 264 g/mol. The number of hydrogen-bond acceptors (Lipinski definition) is 2. The average Bonchev–Trinajstić information content (AvgIpc) is 2.42. The van der Waals surface area contributed by atoms with Crippen LogP contribution in [0.1, 0.15) is 44.2 Å². The van der Waals surface area contributed by atoms with Gasteiger partial charge in [-0.1, -0.05) is 31.9 Å². The van der Waals surface area contributed by atoms with Gasteiger partial charge in [0.15, 0.2) is 0 Å². The summed E-state index contributed by atoms with van der Waals surface area (Å²) in [6.45, 7) is 2.91. The maximum Gasteiger partial charge on any atom is 0.123 e. The lowest BCUT2D eigenvalue weighted by atomic mass is 9.84. The predicted octanol–water partition coefficient (Wildman–Crippen LogP) is 3.34. The first-order valence-electron chi connectivity index (χ1n) is 7.31. The van der Waals surface area contributed by atoms with E-state index in [2.05, 4.69) is 18.9 Å². The maximum absolute atomic E-state index is 13.0. The molecule has 106 valence electrons. The van der Waals surface area contributed by atoms with E-state index in [-0.39, 0.29) is 11.9 Å². The topological polar surface area (TPSA) is 29.3 Å². The third kappa shape index (κ3) is 3.34. The van der Waals surface area contributed by atoms with E-state index in [1.807, 2.05) is 12.1 Å². The molecule has 3 heteroatoms. The fraction of sp³-hybridized carbons (Fsp3) is 0.625. The van der Waals surface area contributed by atoms with Crippen molar-refractivity contribution in [2.24, 2.45) is 11.7 Å². The Balaban J connectivity index is 2.13. The minimum Gasteiger partial charge on any atom is -0.329 e. The molecule has 1 aromatic carbocycles. The number of hydrogen-bond donors (Lipinski definition) is 1. The molecule has 0 saturated heterocycles. The molecule has 1 aliphatic rings. The molecule has 2 N–H and O–H groups in total. The molecule has 19 heavy (non-hydrogen) atoms. The molecule has 3 atom stereocenters. The Morgan fingerprint density at radius 1 is 1.26 bits per heavy atom. The normalized spacial score (nSPS) is 25.5. The minimum atomic E-state index is -0.187. The molecule has 1 aromatic rings.